The van der Waals surface area contributed by atoms with Crippen LogP contribution in [0, 0.1) is 0 Å². The van der Waals surface area contributed by atoms with Crippen LogP contribution in [0.15, 0.2) is 0 Å². The molecule has 1 aliphatic rings. The van der Waals surface area contributed by atoms with Gasteiger partial charge in [-0.1, -0.05) is 0 Å². The molecule has 1 saturated heterocycles. The molecule has 6 heteroatoms. The van der Waals surface area contributed by atoms with Crippen LogP contribution in [0.25, 0.3) is 0 Å². The van der Waals surface area contributed by atoms with Gasteiger partial charge in [-0.2, -0.15) is 0 Å². The van der Waals surface area contributed by atoms with Crippen LogP contribution in [-0.4, -0.2) is 55.6 Å². The quantitative estimate of drug-likeness (QED) is 0.627. The van der Waals surface area contributed by atoms with Gasteiger partial charge in [-0.3, -0.25) is 9.59 Å². The van der Waals surface area contributed by atoms with Crippen LogP contribution in [0.5, 0.6) is 0 Å². The minimum Gasteiger partial charge on any atom is -0.378 e. The normalized spacial score (nSPS) is 18.0. The van der Waals surface area contributed by atoms with Gasteiger partial charge in [0.15, 0.2) is 0 Å². The fraction of sp³-hybridized carbons (Fsp3) is 0.800. The molecule has 0 bridgehead atoms. The number of carbonyl (C=O) groups excluding carboxylic acids is 2. The largest absolute Gasteiger partial charge is 0.378 e. The van der Waals surface area contributed by atoms with E-state index in [4.69, 9.17) is 10.5 Å². The summed E-state index contributed by atoms with van der Waals surface area (Å²) in [5.74, 6) is -0.245. The van der Waals surface area contributed by atoms with E-state index in [1.165, 1.54) is 0 Å². The second-order valence-corrected chi connectivity index (χ2v) is 3.77. The molecule has 0 aromatic rings. The van der Waals surface area contributed by atoms with Crippen LogP contribution < -0.4 is 11.1 Å². The van der Waals surface area contributed by atoms with Crippen molar-refractivity contribution < 1.29 is 14.3 Å². The van der Waals surface area contributed by atoms with E-state index in [1.807, 2.05) is 0 Å². The first kappa shape index (κ1) is 12.9. The Morgan fingerprint density at radius 3 is 2.62 bits per heavy atom. The Balaban J connectivity index is 2.37. The van der Waals surface area contributed by atoms with Crippen molar-refractivity contribution in [2.45, 2.75) is 19.4 Å². The van der Waals surface area contributed by atoms with Gasteiger partial charge in [-0.05, 0) is 6.92 Å². The fourth-order valence-electron chi connectivity index (χ4n) is 1.56. The lowest BCUT2D eigenvalue weighted by Gasteiger charge is -2.29. The Labute approximate surface area is 95.1 Å². The van der Waals surface area contributed by atoms with Gasteiger partial charge >= 0.3 is 0 Å². The number of nitrogens with two attached hydrogens (primary N) is 1. The molecule has 1 rings (SSSR count). The van der Waals surface area contributed by atoms with Crippen LogP contribution in [0.4, 0.5) is 0 Å². The lowest BCUT2D eigenvalue weighted by molar-refractivity contribution is -0.139. The summed E-state index contributed by atoms with van der Waals surface area (Å²) < 4.78 is 5.15. The molecule has 0 aliphatic carbocycles. The van der Waals surface area contributed by atoms with Gasteiger partial charge in [0.05, 0.1) is 13.2 Å². The van der Waals surface area contributed by atoms with Gasteiger partial charge in [0.25, 0.3) is 0 Å². The van der Waals surface area contributed by atoms with Crippen LogP contribution in [0.1, 0.15) is 13.3 Å². The average molecular weight is 229 g/mol. The number of nitrogens with one attached hydrogen (secondary N) is 1. The second-order valence-electron chi connectivity index (χ2n) is 3.77. The van der Waals surface area contributed by atoms with E-state index in [0.717, 1.165) is 0 Å². The summed E-state index contributed by atoms with van der Waals surface area (Å²) in [5.41, 5.74) is 5.25. The van der Waals surface area contributed by atoms with E-state index < -0.39 is 6.04 Å². The lowest BCUT2D eigenvalue weighted by atomic mass is 10.2. The van der Waals surface area contributed by atoms with Crippen LogP contribution in [-0.2, 0) is 14.3 Å². The summed E-state index contributed by atoms with van der Waals surface area (Å²) in [7, 11) is 0. The number of hydrogen-bond donors (Lipinski definition) is 2. The summed E-state index contributed by atoms with van der Waals surface area (Å²) in [6.07, 6.45) is 0.251. The Bertz CT molecular complexity index is 252. The van der Waals surface area contributed by atoms with E-state index in [0.29, 0.717) is 32.8 Å². The maximum Gasteiger partial charge on any atom is 0.245 e. The van der Waals surface area contributed by atoms with Crippen molar-refractivity contribution in [1.29, 1.82) is 0 Å². The smallest absolute Gasteiger partial charge is 0.245 e. The molecular formula is C10H19N3O3. The zero-order valence-corrected chi connectivity index (χ0v) is 9.57. The summed E-state index contributed by atoms with van der Waals surface area (Å²) in [5, 5.41) is 2.63. The highest BCUT2D eigenvalue weighted by atomic mass is 16.5. The van der Waals surface area contributed by atoms with Gasteiger partial charge in [0.2, 0.25) is 11.8 Å². The fourth-order valence-corrected chi connectivity index (χ4v) is 1.56. The van der Waals surface area contributed by atoms with Gasteiger partial charge in [0.1, 0.15) is 6.04 Å². The van der Waals surface area contributed by atoms with E-state index >= 15 is 0 Å². The van der Waals surface area contributed by atoms with Crippen molar-refractivity contribution in [1.82, 2.24) is 10.2 Å². The maximum absolute atomic E-state index is 11.9. The number of morpholine rings is 1. The van der Waals surface area contributed by atoms with Crippen molar-refractivity contribution in [3.63, 3.8) is 0 Å². The maximum atomic E-state index is 11.9. The van der Waals surface area contributed by atoms with Crippen molar-refractivity contribution in [3.05, 3.63) is 0 Å². The zero-order valence-electron chi connectivity index (χ0n) is 9.57. The zero-order chi connectivity index (χ0) is 12.0. The average Bonchev–Trinajstić information content (AvgIpc) is 2.29. The van der Waals surface area contributed by atoms with Crippen LogP contribution in [0.3, 0.4) is 0 Å². The predicted molar refractivity (Wildman–Crippen MR) is 58.7 cm³/mol. The molecule has 0 saturated carbocycles. The third-order valence-electron chi connectivity index (χ3n) is 2.44. The molecule has 2 amide bonds. The molecule has 6 nitrogen and oxygen atoms in total. The molecule has 92 valence electrons. The third-order valence-corrected chi connectivity index (χ3v) is 2.44. The number of ether oxygens (including phenoxy) is 1. The van der Waals surface area contributed by atoms with Crippen molar-refractivity contribution in [3.8, 4) is 0 Å². The molecule has 0 spiro atoms. The highest BCUT2D eigenvalue weighted by Crippen LogP contribution is 2.00. The highest BCUT2D eigenvalue weighted by Gasteiger charge is 2.23. The van der Waals surface area contributed by atoms with Crippen molar-refractivity contribution in [2.24, 2.45) is 5.73 Å². The molecule has 1 fully saturated rings. The number of hydrogen-bond acceptors (Lipinski definition) is 4. The number of rotatable bonds is 4. The summed E-state index contributed by atoms with van der Waals surface area (Å²) in [4.78, 5) is 24.8. The summed E-state index contributed by atoms with van der Waals surface area (Å²) in [6, 6.07) is -0.489. The first-order valence-corrected chi connectivity index (χ1v) is 5.51. The number of amides is 2. The molecule has 3 N–H and O–H groups in total. The predicted octanol–water partition coefficient (Wildman–Crippen LogP) is -1.30. The molecular weight excluding hydrogens is 210 g/mol. The van der Waals surface area contributed by atoms with Crippen molar-refractivity contribution >= 4 is 11.8 Å². The SMILES string of the molecule is CC(NC(=O)CCN)C(=O)N1CCOCC1. The summed E-state index contributed by atoms with van der Waals surface area (Å²) >= 11 is 0. The van der Waals surface area contributed by atoms with E-state index in [9.17, 15) is 9.59 Å². The summed E-state index contributed by atoms with van der Waals surface area (Å²) in [6.45, 7) is 4.30. The van der Waals surface area contributed by atoms with E-state index in [1.54, 1.807) is 11.8 Å². The van der Waals surface area contributed by atoms with E-state index in [2.05, 4.69) is 5.32 Å². The Hall–Kier alpha value is -1.14. The first-order chi connectivity index (χ1) is 7.65. The Morgan fingerprint density at radius 2 is 2.06 bits per heavy atom. The second kappa shape index (κ2) is 6.44. The van der Waals surface area contributed by atoms with Gasteiger partial charge in [-0.25, -0.2) is 0 Å². The molecule has 0 aromatic carbocycles. The number of nitrogens with zero attached hydrogens (tertiary/aromatic N) is 1. The van der Waals surface area contributed by atoms with Gasteiger partial charge in [0, 0.05) is 26.1 Å². The molecule has 0 aromatic heterocycles. The molecule has 0 radical (unpaired) electrons. The van der Waals surface area contributed by atoms with E-state index in [-0.39, 0.29) is 18.2 Å². The highest BCUT2D eigenvalue weighted by molar-refractivity contribution is 5.87. The first-order valence-electron chi connectivity index (χ1n) is 5.51. The Morgan fingerprint density at radius 1 is 1.44 bits per heavy atom. The monoisotopic (exact) mass is 229 g/mol. The van der Waals surface area contributed by atoms with Crippen molar-refractivity contribution in [2.75, 3.05) is 32.8 Å². The minimum atomic E-state index is -0.489. The molecule has 1 atom stereocenters. The topological polar surface area (TPSA) is 84.7 Å². The number of carbonyl (C=O) groups is 2. The Kier molecular flexibility index (Phi) is 5.21. The van der Waals surface area contributed by atoms with Crippen LogP contribution in [0.2, 0.25) is 0 Å². The molecule has 1 aliphatic heterocycles. The molecule has 16 heavy (non-hydrogen) atoms. The van der Waals surface area contributed by atoms with Gasteiger partial charge < -0.3 is 20.7 Å². The standard InChI is InChI=1S/C10H19N3O3/c1-8(12-9(14)2-3-11)10(15)13-4-6-16-7-5-13/h8H,2-7,11H2,1H3,(H,12,14). The molecule has 1 unspecified atom stereocenters. The lowest BCUT2D eigenvalue weighted by Crippen LogP contribution is -2.50. The third kappa shape index (κ3) is 3.79. The minimum absolute atomic E-state index is 0.0614. The van der Waals surface area contributed by atoms with Gasteiger partial charge in [-0.15, -0.1) is 0 Å². The molecule has 1 heterocycles. The van der Waals surface area contributed by atoms with Crippen LogP contribution >= 0.6 is 0 Å².